The van der Waals surface area contributed by atoms with E-state index in [2.05, 4.69) is 19.9 Å². The van der Waals surface area contributed by atoms with Crippen molar-refractivity contribution in [3.05, 3.63) is 12.2 Å². The molecule has 0 spiro atoms. The summed E-state index contributed by atoms with van der Waals surface area (Å²) in [4.78, 5) is 0. The van der Waals surface area contributed by atoms with E-state index in [4.69, 9.17) is 10.8 Å². The summed E-state index contributed by atoms with van der Waals surface area (Å²) in [5, 5.41) is 8.93. The van der Waals surface area contributed by atoms with Gasteiger partial charge in [0, 0.05) is 5.92 Å². The molecule has 0 aromatic rings. The Labute approximate surface area is 69.1 Å². The average Bonchev–Trinajstić information content (AvgIpc) is 1.99. The van der Waals surface area contributed by atoms with Crippen molar-refractivity contribution in [3.8, 4) is 0 Å². The van der Waals surface area contributed by atoms with Crippen LogP contribution in [0.2, 0.25) is 0 Å². The standard InChI is InChI=1S/C9H19NO/c1-4-7(2)5-6-8(3)9(10)11/h5-9,11H,4,10H2,1-3H3/b6-5+/t7?,8-,9?/m0/s1. The highest BCUT2D eigenvalue weighted by Crippen LogP contribution is 2.06. The summed E-state index contributed by atoms with van der Waals surface area (Å²) < 4.78 is 0. The van der Waals surface area contributed by atoms with Gasteiger partial charge in [0.15, 0.2) is 0 Å². The molecule has 0 aliphatic carbocycles. The third-order valence-electron chi connectivity index (χ3n) is 1.93. The maximum atomic E-state index is 8.93. The van der Waals surface area contributed by atoms with Crippen LogP contribution in [-0.4, -0.2) is 11.3 Å². The van der Waals surface area contributed by atoms with Gasteiger partial charge >= 0.3 is 0 Å². The largest absolute Gasteiger partial charge is 0.378 e. The molecule has 0 bridgehead atoms. The predicted octanol–water partition coefficient (Wildman–Crippen LogP) is 1.50. The van der Waals surface area contributed by atoms with Gasteiger partial charge in [-0.3, -0.25) is 0 Å². The molecule has 2 nitrogen and oxygen atoms in total. The van der Waals surface area contributed by atoms with Gasteiger partial charge in [-0.05, 0) is 5.92 Å². The van der Waals surface area contributed by atoms with Gasteiger partial charge in [0.25, 0.3) is 0 Å². The van der Waals surface area contributed by atoms with E-state index >= 15 is 0 Å². The lowest BCUT2D eigenvalue weighted by molar-refractivity contribution is 0.145. The van der Waals surface area contributed by atoms with Crippen molar-refractivity contribution in [2.75, 3.05) is 0 Å². The first kappa shape index (κ1) is 10.7. The Morgan fingerprint density at radius 2 is 1.91 bits per heavy atom. The summed E-state index contributed by atoms with van der Waals surface area (Å²) in [5.41, 5.74) is 5.27. The summed E-state index contributed by atoms with van der Waals surface area (Å²) in [6, 6.07) is 0. The van der Waals surface area contributed by atoms with E-state index in [9.17, 15) is 0 Å². The van der Waals surface area contributed by atoms with Crippen LogP contribution in [0.4, 0.5) is 0 Å². The summed E-state index contributed by atoms with van der Waals surface area (Å²) in [6.45, 7) is 6.19. The van der Waals surface area contributed by atoms with Crippen LogP contribution in [0.25, 0.3) is 0 Å². The summed E-state index contributed by atoms with van der Waals surface area (Å²) >= 11 is 0. The van der Waals surface area contributed by atoms with E-state index in [1.807, 2.05) is 13.0 Å². The molecule has 0 rings (SSSR count). The van der Waals surface area contributed by atoms with Gasteiger partial charge in [-0.15, -0.1) is 0 Å². The quantitative estimate of drug-likeness (QED) is 0.480. The molecule has 2 unspecified atom stereocenters. The fraction of sp³-hybridized carbons (Fsp3) is 0.778. The SMILES string of the molecule is CCC(C)/C=C/[C@H](C)C(N)O. The lowest BCUT2D eigenvalue weighted by Gasteiger charge is -2.09. The second-order valence-electron chi connectivity index (χ2n) is 3.12. The number of aliphatic hydroxyl groups excluding tert-OH is 1. The molecule has 3 N–H and O–H groups in total. The summed E-state index contributed by atoms with van der Waals surface area (Å²) in [6.07, 6.45) is 4.47. The topological polar surface area (TPSA) is 46.2 Å². The van der Waals surface area contributed by atoms with E-state index in [0.29, 0.717) is 5.92 Å². The Morgan fingerprint density at radius 3 is 2.27 bits per heavy atom. The number of aliphatic hydroxyl groups is 1. The van der Waals surface area contributed by atoms with Gasteiger partial charge in [-0.25, -0.2) is 0 Å². The number of hydrogen-bond acceptors (Lipinski definition) is 2. The molecule has 0 aromatic heterocycles. The predicted molar refractivity (Wildman–Crippen MR) is 48.0 cm³/mol. The minimum Gasteiger partial charge on any atom is -0.378 e. The van der Waals surface area contributed by atoms with Crippen molar-refractivity contribution in [2.24, 2.45) is 17.6 Å². The number of nitrogens with two attached hydrogens (primary N) is 1. The van der Waals surface area contributed by atoms with E-state index in [0.717, 1.165) is 6.42 Å². The zero-order chi connectivity index (χ0) is 8.85. The molecule has 0 saturated carbocycles. The van der Waals surface area contributed by atoms with Crippen LogP contribution in [0.3, 0.4) is 0 Å². The first-order valence-corrected chi connectivity index (χ1v) is 4.19. The Hall–Kier alpha value is -0.340. The minimum absolute atomic E-state index is 0.0593. The van der Waals surface area contributed by atoms with Gasteiger partial charge in [-0.2, -0.15) is 0 Å². The van der Waals surface area contributed by atoms with Crippen molar-refractivity contribution >= 4 is 0 Å². The van der Waals surface area contributed by atoms with Crippen molar-refractivity contribution in [3.63, 3.8) is 0 Å². The molecule has 0 saturated heterocycles. The fourth-order valence-electron chi connectivity index (χ4n) is 0.615. The third kappa shape index (κ3) is 4.99. The van der Waals surface area contributed by atoms with Crippen molar-refractivity contribution in [2.45, 2.75) is 33.4 Å². The molecule has 2 heteroatoms. The molecule has 11 heavy (non-hydrogen) atoms. The van der Waals surface area contributed by atoms with Gasteiger partial charge in [-0.1, -0.05) is 39.3 Å². The normalized spacial score (nSPS) is 20.1. The molecule has 0 aromatic carbocycles. The Bertz CT molecular complexity index is 121. The molecule has 0 radical (unpaired) electrons. The van der Waals surface area contributed by atoms with Gasteiger partial charge in [0.2, 0.25) is 0 Å². The Morgan fingerprint density at radius 1 is 1.36 bits per heavy atom. The first-order valence-electron chi connectivity index (χ1n) is 4.19. The van der Waals surface area contributed by atoms with Gasteiger partial charge < -0.3 is 10.8 Å². The zero-order valence-electron chi connectivity index (χ0n) is 7.62. The average molecular weight is 157 g/mol. The van der Waals surface area contributed by atoms with Gasteiger partial charge in [0.05, 0.1) is 0 Å². The molecule has 66 valence electrons. The van der Waals surface area contributed by atoms with E-state index < -0.39 is 6.23 Å². The van der Waals surface area contributed by atoms with Crippen molar-refractivity contribution < 1.29 is 5.11 Å². The van der Waals surface area contributed by atoms with E-state index in [1.165, 1.54) is 0 Å². The fourth-order valence-corrected chi connectivity index (χ4v) is 0.615. The first-order chi connectivity index (χ1) is 5.07. The van der Waals surface area contributed by atoms with Crippen LogP contribution in [0.15, 0.2) is 12.2 Å². The highest BCUT2D eigenvalue weighted by molar-refractivity contribution is 4.91. The molecular formula is C9H19NO. The van der Waals surface area contributed by atoms with Crippen LogP contribution >= 0.6 is 0 Å². The molecule has 3 atom stereocenters. The smallest absolute Gasteiger partial charge is 0.108 e. The van der Waals surface area contributed by atoms with Crippen molar-refractivity contribution in [1.29, 1.82) is 0 Å². The zero-order valence-corrected chi connectivity index (χ0v) is 7.62. The maximum absolute atomic E-state index is 8.93. The highest BCUT2D eigenvalue weighted by atomic mass is 16.3. The molecular weight excluding hydrogens is 138 g/mol. The highest BCUT2D eigenvalue weighted by Gasteiger charge is 2.03. The third-order valence-corrected chi connectivity index (χ3v) is 1.93. The van der Waals surface area contributed by atoms with E-state index in [1.54, 1.807) is 0 Å². The van der Waals surface area contributed by atoms with E-state index in [-0.39, 0.29) is 5.92 Å². The Balaban J connectivity index is 3.72. The molecule has 0 aliphatic heterocycles. The minimum atomic E-state index is -0.727. The Kier molecular flexibility index (Phi) is 5.16. The lowest BCUT2D eigenvalue weighted by Crippen LogP contribution is -2.25. The second kappa shape index (κ2) is 5.33. The van der Waals surface area contributed by atoms with Crippen molar-refractivity contribution in [1.82, 2.24) is 0 Å². The number of rotatable bonds is 4. The molecule has 0 amide bonds. The van der Waals surface area contributed by atoms with Crippen LogP contribution in [-0.2, 0) is 0 Å². The van der Waals surface area contributed by atoms with Gasteiger partial charge in [0.1, 0.15) is 6.23 Å². The molecule has 0 heterocycles. The second-order valence-corrected chi connectivity index (χ2v) is 3.12. The van der Waals surface area contributed by atoms with Crippen LogP contribution < -0.4 is 5.73 Å². The van der Waals surface area contributed by atoms with Crippen LogP contribution in [0.5, 0.6) is 0 Å². The van der Waals surface area contributed by atoms with Crippen LogP contribution in [0.1, 0.15) is 27.2 Å². The summed E-state index contributed by atoms with van der Waals surface area (Å²) in [5.74, 6) is 0.639. The molecule has 0 fully saturated rings. The van der Waals surface area contributed by atoms with Crippen LogP contribution in [0, 0.1) is 11.8 Å². The number of hydrogen-bond donors (Lipinski definition) is 2. The maximum Gasteiger partial charge on any atom is 0.108 e. The molecule has 0 aliphatic rings. The monoisotopic (exact) mass is 157 g/mol. The lowest BCUT2D eigenvalue weighted by atomic mass is 10.0. The number of allylic oxidation sites excluding steroid dienone is 1. The summed E-state index contributed by atoms with van der Waals surface area (Å²) in [7, 11) is 0.